The summed E-state index contributed by atoms with van der Waals surface area (Å²) >= 11 is 0. The van der Waals surface area contributed by atoms with Gasteiger partial charge in [-0.2, -0.15) is 0 Å². The van der Waals surface area contributed by atoms with Gasteiger partial charge < -0.3 is 19.7 Å². The smallest absolute Gasteiger partial charge is 0.261 e. The number of methoxy groups -OCH3 is 1. The van der Waals surface area contributed by atoms with Gasteiger partial charge in [0.05, 0.1) is 7.11 Å². The van der Waals surface area contributed by atoms with Crippen LogP contribution in [0.1, 0.15) is 11.1 Å². The molecule has 1 fully saturated rings. The van der Waals surface area contributed by atoms with Crippen LogP contribution < -0.4 is 14.8 Å². The van der Waals surface area contributed by atoms with Gasteiger partial charge >= 0.3 is 0 Å². The number of carbonyl (C=O) groups is 2. The first kappa shape index (κ1) is 22.3. The number of benzene rings is 2. The van der Waals surface area contributed by atoms with E-state index in [1.54, 1.807) is 30.5 Å². The number of piperazine rings is 1. The molecular weight excluding hydrogens is 418 g/mol. The molecule has 2 heterocycles. The number of nitrogens with zero attached hydrogens (tertiary/aromatic N) is 2. The largest absolute Gasteiger partial charge is 0.493 e. The van der Waals surface area contributed by atoms with Crippen molar-refractivity contribution in [2.75, 3.05) is 26.8 Å². The predicted molar refractivity (Wildman–Crippen MR) is 125 cm³/mol. The molecule has 7 heteroatoms. The van der Waals surface area contributed by atoms with Crippen molar-refractivity contribution in [1.29, 1.82) is 0 Å². The Balaban J connectivity index is 1.44. The van der Waals surface area contributed by atoms with Crippen LogP contribution in [-0.4, -0.2) is 54.5 Å². The SMILES string of the molecule is COc1cc(C)ccc1OCC(=O)N1CCNC(=O)[C@@H]1Cc1ccc(-c2ccncc2)cc1. The number of ether oxygens (including phenoxy) is 2. The Hall–Kier alpha value is -3.87. The Bertz CT molecular complexity index is 1120. The molecule has 0 saturated carbocycles. The van der Waals surface area contributed by atoms with Gasteiger partial charge in [-0.3, -0.25) is 14.6 Å². The average Bonchev–Trinajstić information content (AvgIpc) is 2.85. The Morgan fingerprint density at radius 3 is 2.52 bits per heavy atom. The van der Waals surface area contributed by atoms with Gasteiger partial charge in [-0.15, -0.1) is 0 Å². The summed E-state index contributed by atoms with van der Waals surface area (Å²) in [5.41, 5.74) is 4.16. The van der Waals surface area contributed by atoms with Crippen LogP contribution in [0.15, 0.2) is 67.0 Å². The first-order valence-corrected chi connectivity index (χ1v) is 10.9. The summed E-state index contributed by atoms with van der Waals surface area (Å²) in [5.74, 6) is 0.692. The van der Waals surface area contributed by atoms with E-state index >= 15 is 0 Å². The van der Waals surface area contributed by atoms with Crippen molar-refractivity contribution < 1.29 is 19.1 Å². The monoisotopic (exact) mass is 445 g/mol. The first-order valence-electron chi connectivity index (χ1n) is 10.9. The minimum absolute atomic E-state index is 0.152. The Morgan fingerprint density at radius 2 is 1.79 bits per heavy atom. The summed E-state index contributed by atoms with van der Waals surface area (Å²) in [5, 5.41) is 2.87. The fourth-order valence-corrected chi connectivity index (χ4v) is 3.93. The molecule has 170 valence electrons. The zero-order valence-corrected chi connectivity index (χ0v) is 18.8. The van der Waals surface area contributed by atoms with Crippen molar-refractivity contribution in [1.82, 2.24) is 15.2 Å². The van der Waals surface area contributed by atoms with Crippen molar-refractivity contribution in [3.05, 3.63) is 78.1 Å². The topological polar surface area (TPSA) is 80.8 Å². The van der Waals surface area contributed by atoms with Crippen LogP contribution in [0.5, 0.6) is 11.5 Å². The van der Waals surface area contributed by atoms with Gasteiger partial charge in [-0.25, -0.2) is 0 Å². The minimum atomic E-state index is -0.582. The molecule has 0 unspecified atom stereocenters. The van der Waals surface area contributed by atoms with E-state index in [-0.39, 0.29) is 18.4 Å². The lowest BCUT2D eigenvalue weighted by Gasteiger charge is -2.35. The number of aryl methyl sites for hydroxylation is 1. The van der Waals surface area contributed by atoms with Crippen LogP contribution in [-0.2, 0) is 16.0 Å². The molecule has 1 aliphatic rings. The van der Waals surface area contributed by atoms with Crippen LogP contribution in [0.4, 0.5) is 0 Å². The van der Waals surface area contributed by atoms with E-state index < -0.39 is 6.04 Å². The van der Waals surface area contributed by atoms with Crippen molar-refractivity contribution >= 4 is 11.8 Å². The lowest BCUT2D eigenvalue weighted by molar-refractivity contribution is -0.144. The van der Waals surface area contributed by atoms with Gasteiger partial charge in [0.1, 0.15) is 6.04 Å². The number of amides is 2. The molecule has 3 aromatic rings. The van der Waals surface area contributed by atoms with Crippen molar-refractivity contribution in [2.45, 2.75) is 19.4 Å². The predicted octanol–water partition coefficient (Wildman–Crippen LogP) is 3.01. The van der Waals surface area contributed by atoms with Gasteiger partial charge in [0, 0.05) is 31.9 Å². The van der Waals surface area contributed by atoms with Crippen LogP contribution in [0.2, 0.25) is 0 Å². The molecular formula is C26H27N3O4. The van der Waals surface area contributed by atoms with E-state index in [0.29, 0.717) is 31.0 Å². The first-order chi connectivity index (χ1) is 16.0. The third-order valence-corrected chi connectivity index (χ3v) is 5.72. The highest BCUT2D eigenvalue weighted by Gasteiger charge is 2.33. The highest BCUT2D eigenvalue weighted by Crippen LogP contribution is 2.28. The summed E-state index contributed by atoms with van der Waals surface area (Å²) in [6.45, 7) is 2.66. The number of rotatable bonds is 7. The fraction of sp³-hybridized carbons (Fsp3) is 0.269. The van der Waals surface area contributed by atoms with E-state index in [1.165, 1.54) is 0 Å². The Labute approximate surface area is 193 Å². The number of carbonyl (C=O) groups excluding carboxylic acids is 2. The number of aromatic nitrogens is 1. The Morgan fingerprint density at radius 1 is 1.06 bits per heavy atom. The summed E-state index contributed by atoms with van der Waals surface area (Å²) in [4.78, 5) is 31.3. The third kappa shape index (κ3) is 5.31. The van der Waals surface area contributed by atoms with Gasteiger partial charge in [-0.05, 0) is 53.4 Å². The maximum atomic E-state index is 13.0. The average molecular weight is 446 g/mol. The van der Waals surface area contributed by atoms with Crippen LogP contribution >= 0.6 is 0 Å². The second kappa shape index (κ2) is 10.2. The lowest BCUT2D eigenvalue weighted by atomic mass is 9.99. The van der Waals surface area contributed by atoms with Crippen LogP contribution in [0.25, 0.3) is 11.1 Å². The molecule has 4 rings (SSSR count). The summed E-state index contributed by atoms with van der Waals surface area (Å²) in [7, 11) is 1.56. The highest BCUT2D eigenvalue weighted by molar-refractivity contribution is 5.89. The standard InChI is InChI=1S/C26H27N3O4/c1-18-3-8-23(24(15-18)32-2)33-17-25(30)29-14-13-28-26(31)22(29)16-19-4-6-20(7-5-19)21-9-11-27-12-10-21/h3-12,15,22H,13-14,16-17H2,1-2H3,(H,28,31)/t22-/m0/s1. The molecule has 33 heavy (non-hydrogen) atoms. The molecule has 0 aliphatic carbocycles. The lowest BCUT2D eigenvalue weighted by Crippen LogP contribution is -2.58. The molecule has 2 aromatic carbocycles. The third-order valence-electron chi connectivity index (χ3n) is 5.72. The molecule has 1 aliphatic heterocycles. The maximum absolute atomic E-state index is 13.0. The number of pyridine rings is 1. The zero-order valence-electron chi connectivity index (χ0n) is 18.8. The maximum Gasteiger partial charge on any atom is 0.261 e. The van der Waals surface area contributed by atoms with Gasteiger partial charge in [0.15, 0.2) is 18.1 Å². The van der Waals surface area contributed by atoms with Gasteiger partial charge in [-0.1, -0.05) is 30.3 Å². The molecule has 7 nitrogen and oxygen atoms in total. The van der Waals surface area contributed by atoms with Crippen LogP contribution in [0, 0.1) is 6.92 Å². The Kier molecular flexibility index (Phi) is 6.88. The highest BCUT2D eigenvalue weighted by atomic mass is 16.5. The quantitative estimate of drug-likeness (QED) is 0.605. The zero-order chi connectivity index (χ0) is 23.2. The molecule has 1 aromatic heterocycles. The fourth-order valence-electron chi connectivity index (χ4n) is 3.93. The molecule has 1 N–H and O–H groups in total. The van der Waals surface area contributed by atoms with Gasteiger partial charge in [0.2, 0.25) is 5.91 Å². The normalized spacial score (nSPS) is 15.6. The van der Waals surface area contributed by atoms with E-state index in [0.717, 1.165) is 22.3 Å². The van der Waals surface area contributed by atoms with Gasteiger partial charge in [0.25, 0.3) is 5.91 Å². The second-order valence-corrected chi connectivity index (χ2v) is 7.97. The molecule has 0 bridgehead atoms. The van der Waals surface area contributed by atoms with Crippen molar-refractivity contribution in [3.63, 3.8) is 0 Å². The number of hydrogen-bond donors (Lipinski definition) is 1. The molecule has 0 radical (unpaired) electrons. The van der Waals surface area contributed by atoms with E-state index in [4.69, 9.17) is 9.47 Å². The second-order valence-electron chi connectivity index (χ2n) is 7.97. The van der Waals surface area contributed by atoms with E-state index in [1.807, 2.05) is 55.5 Å². The van der Waals surface area contributed by atoms with E-state index in [9.17, 15) is 9.59 Å². The van der Waals surface area contributed by atoms with Crippen LogP contribution in [0.3, 0.4) is 0 Å². The summed E-state index contributed by atoms with van der Waals surface area (Å²) in [6, 6.07) is 16.9. The van der Waals surface area contributed by atoms with Crippen molar-refractivity contribution in [2.24, 2.45) is 0 Å². The molecule has 1 atom stereocenters. The summed E-state index contributed by atoms with van der Waals surface area (Å²) < 4.78 is 11.1. The summed E-state index contributed by atoms with van der Waals surface area (Å²) in [6.07, 6.45) is 3.95. The number of hydrogen-bond acceptors (Lipinski definition) is 5. The minimum Gasteiger partial charge on any atom is -0.493 e. The molecule has 1 saturated heterocycles. The number of nitrogens with one attached hydrogen (secondary N) is 1. The van der Waals surface area contributed by atoms with Crippen molar-refractivity contribution in [3.8, 4) is 22.6 Å². The molecule has 0 spiro atoms. The molecule has 2 amide bonds. The van der Waals surface area contributed by atoms with E-state index in [2.05, 4.69) is 10.3 Å².